The van der Waals surface area contributed by atoms with Gasteiger partial charge in [-0.25, -0.2) is 4.98 Å². The van der Waals surface area contributed by atoms with Crippen LogP contribution in [0.15, 0.2) is 65.2 Å². The second kappa shape index (κ2) is 9.04. The van der Waals surface area contributed by atoms with E-state index in [2.05, 4.69) is 10.3 Å². The predicted molar refractivity (Wildman–Crippen MR) is 113 cm³/mol. The molecule has 0 bridgehead atoms. The summed E-state index contributed by atoms with van der Waals surface area (Å²) >= 11 is 0. The summed E-state index contributed by atoms with van der Waals surface area (Å²) in [4.78, 5) is 19.5. The normalized spacial score (nSPS) is 16.0. The number of oxazole rings is 1. The third kappa shape index (κ3) is 4.11. The molecule has 1 fully saturated rings. The van der Waals surface area contributed by atoms with Gasteiger partial charge in [-0.1, -0.05) is 42.5 Å². The molecule has 1 atom stereocenters. The maximum Gasteiger partial charge on any atom is 0.254 e. The molecule has 0 radical (unpaired) electrons. The van der Waals surface area contributed by atoms with Gasteiger partial charge >= 0.3 is 0 Å². The van der Waals surface area contributed by atoms with Crippen molar-refractivity contribution in [2.75, 3.05) is 26.7 Å². The van der Waals surface area contributed by atoms with Crippen molar-refractivity contribution < 1.29 is 9.21 Å². The fourth-order valence-corrected chi connectivity index (χ4v) is 3.63. The van der Waals surface area contributed by atoms with Crippen molar-refractivity contribution in [2.24, 2.45) is 5.92 Å². The minimum absolute atomic E-state index is 0. The number of carbonyl (C=O) groups excluding carboxylic acids is 1. The fraction of sp³-hybridized carbons (Fsp3) is 0.273. The quantitative estimate of drug-likeness (QED) is 0.703. The first-order valence-corrected chi connectivity index (χ1v) is 9.31. The molecule has 0 aliphatic carbocycles. The largest absolute Gasteiger partial charge is 0.436 e. The van der Waals surface area contributed by atoms with Crippen LogP contribution in [0.1, 0.15) is 16.8 Å². The Labute approximate surface area is 171 Å². The minimum Gasteiger partial charge on any atom is -0.436 e. The van der Waals surface area contributed by atoms with Crippen molar-refractivity contribution in [1.82, 2.24) is 15.2 Å². The van der Waals surface area contributed by atoms with E-state index in [4.69, 9.17) is 4.42 Å². The molecule has 1 saturated heterocycles. The van der Waals surface area contributed by atoms with E-state index in [1.54, 1.807) is 6.20 Å². The first kappa shape index (κ1) is 20.1. The highest BCUT2D eigenvalue weighted by Crippen LogP contribution is 2.29. The monoisotopic (exact) mass is 397 g/mol. The van der Waals surface area contributed by atoms with E-state index < -0.39 is 0 Å². The van der Waals surface area contributed by atoms with Gasteiger partial charge < -0.3 is 14.6 Å². The summed E-state index contributed by atoms with van der Waals surface area (Å²) < 4.78 is 5.98. The van der Waals surface area contributed by atoms with Crippen LogP contribution in [0.2, 0.25) is 0 Å². The Kier molecular flexibility index (Phi) is 6.49. The van der Waals surface area contributed by atoms with Gasteiger partial charge in [-0.2, -0.15) is 0 Å². The van der Waals surface area contributed by atoms with E-state index in [-0.39, 0.29) is 18.3 Å². The van der Waals surface area contributed by atoms with E-state index in [0.29, 0.717) is 23.1 Å². The van der Waals surface area contributed by atoms with Crippen molar-refractivity contribution in [2.45, 2.75) is 6.42 Å². The van der Waals surface area contributed by atoms with Gasteiger partial charge in [-0.15, -0.1) is 12.4 Å². The molecule has 0 spiro atoms. The summed E-state index contributed by atoms with van der Waals surface area (Å²) in [5.74, 6) is 1.73. The molecule has 1 aromatic heterocycles. The lowest BCUT2D eigenvalue weighted by molar-refractivity contribution is 0.0787. The highest BCUT2D eigenvalue weighted by atomic mass is 35.5. The number of nitrogens with zero attached hydrogens (tertiary/aromatic N) is 2. The highest BCUT2D eigenvalue weighted by Gasteiger charge is 2.28. The number of nitrogens with one attached hydrogen (secondary N) is 1. The molecule has 5 nitrogen and oxygen atoms in total. The first-order chi connectivity index (χ1) is 13.3. The Morgan fingerprint density at radius 2 is 1.93 bits per heavy atom. The first-order valence-electron chi connectivity index (χ1n) is 9.31. The zero-order valence-electron chi connectivity index (χ0n) is 15.8. The molecule has 146 valence electrons. The van der Waals surface area contributed by atoms with Gasteiger partial charge in [0, 0.05) is 24.2 Å². The summed E-state index contributed by atoms with van der Waals surface area (Å²) in [5, 5.41) is 3.20. The number of hydrogen-bond acceptors (Lipinski definition) is 4. The summed E-state index contributed by atoms with van der Waals surface area (Å²) in [7, 11) is 1.95. The number of halogens is 1. The number of rotatable bonds is 5. The van der Waals surface area contributed by atoms with Crippen molar-refractivity contribution in [3.63, 3.8) is 0 Å². The molecule has 4 rings (SSSR count). The van der Waals surface area contributed by atoms with Crippen LogP contribution in [0, 0.1) is 5.92 Å². The molecule has 28 heavy (non-hydrogen) atoms. The van der Waals surface area contributed by atoms with Crippen molar-refractivity contribution in [3.05, 3.63) is 66.4 Å². The van der Waals surface area contributed by atoms with Crippen molar-refractivity contribution >= 4 is 18.3 Å². The molecular formula is C22H24ClN3O2. The number of hydrogen-bond donors (Lipinski definition) is 1. The molecule has 2 aromatic carbocycles. The third-order valence-electron chi connectivity index (χ3n) is 5.02. The standard InChI is InChI=1S/C22H23N3O2.ClH/c1-23-13-16-11-12-25(15-16)22(26)19-10-6-5-9-18(19)21-24-14-20(27-21)17-7-3-2-4-8-17;/h2-10,14,16,23H,11-13,15H2,1H3;1H. The van der Waals surface area contributed by atoms with E-state index >= 15 is 0 Å². The molecule has 1 aliphatic rings. The molecule has 1 unspecified atom stereocenters. The fourth-order valence-electron chi connectivity index (χ4n) is 3.63. The van der Waals surface area contributed by atoms with Crippen LogP contribution >= 0.6 is 12.4 Å². The number of aromatic nitrogens is 1. The second-order valence-corrected chi connectivity index (χ2v) is 6.90. The third-order valence-corrected chi connectivity index (χ3v) is 5.02. The molecule has 1 N–H and O–H groups in total. The van der Waals surface area contributed by atoms with E-state index in [1.807, 2.05) is 66.5 Å². The Morgan fingerprint density at radius 1 is 1.18 bits per heavy atom. The maximum atomic E-state index is 13.1. The summed E-state index contributed by atoms with van der Waals surface area (Å²) in [6.07, 6.45) is 2.75. The van der Waals surface area contributed by atoms with Crippen LogP contribution in [0.3, 0.4) is 0 Å². The van der Waals surface area contributed by atoms with Gasteiger partial charge in [0.05, 0.1) is 11.8 Å². The topological polar surface area (TPSA) is 58.4 Å². The Bertz CT molecular complexity index is 926. The van der Waals surface area contributed by atoms with Crippen molar-refractivity contribution in [1.29, 1.82) is 0 Å². The highest BCUT2D eigenvalue weighted by molar-refractivity contribution is 6.00. The number of carbonyl (C=O) groups is 1. The van der Waals surface area contributed by atoms with Gasteiger partial charge in [0.25, 0.3) is 5.91 Å². The second-order valence-electron chi connectivity index (χ2n) is 6.90. The van der Waals surface area contributed by atoms with E-state index in [0.717, 1.165) is 37.2 Å². The molecule has 2 heterocycles. The Balaban J connectivity index is 0.00000225. The zero-order chi connectivity index (χ0) is 18.6. The lowest BCUT2D eigenvalue weighted by Crippen LogP contribution is -2.30. The summed E-state index contributed by atoms with van der Waals surface area (Å²) in [6.45, 7) is 2.51. The van der Waals surface area contributed by atoms with Crippen LogP contribution in [0.5, 0.6) is 0 Å². The summed E-state index contributed by atoms with van der Waals surface area (Å²) in [6, 6.07) is 17.4. The van der Waals surface area contributed by atoms with Gasteiger partial charge in [-0.3, -0.25) is 4.79 Å². The van der Waals surface area contributed by atoms with Crippen molar-refractivity contribution in [3.8, 4) is 22.8 Å². The van der Waals surface area contributed by atoms with Crippen LogP contribution in [-0.4, -0.2) is 42.5 Å². The van der Waals surface area contributed by atoms with Crippen LogP contribution < -0.4 is 5.32 Å². The molecule has 1 aliphatic heterocycles. The van der Waals surface area contributed by atoms with Gasteiger partial charge in [0.15, 0.2) is 5.76 Å². The van der Waals surface area contributed by atoms with Gasteiger partial charge in [0.1, 0.15) is 0 Å². The minimum atomic E-state index is 0. The van der Waals surface area contributed by atoms with Crippen LogP contribution in [0.25, 0.3) is 22.8 Å². The molecule has 0 saturated carbocycles. The zero-order valence-corrected chi connectivity index (χ0v) is 16.6. The van der Waals surface area contributed by atoms with Gasteiger partial charge in [-0.05, 0) is 38.1 Å². The predicted octanol–water partition coefficient (Wildman–Crippen LogP) is 4.11. The average Bonchev–Trinajstić information content (AvgIpc) is 3.38. The Hall–Kier alpha value is -2.63. The lowest BCUT2D eigenvalue weighted by Gasteiger charge is -2.18. The molecule has 1 amide bonds. The van der Waals surface area contributed by atoms with Crippen LogP contribution in [-0.2, 0) is 0 Å². The number of amides is 1. The lowest BCUT2D eigenvalue weighted by atomic mass is 10.1. The van der Waals surface area contributed by atoms with E-state index in [9.17, 15) is 4.79 Å². The van der Waals surface area contributed by atoms with Crippen LogP contribution in [0.4, 0.5) is 0 Å². The Morgan fingerprint density at radius 3 is 2.71 bits per heavy atom. The number of benzene rings is 2. The molecular weight excluding hydrogens is 374 g/mol. The summed E-state index contributed by atoms with van der Waals surface area (Å²) in [5.41, 5.74) is 2.35. The molecule has 3 aromatic rings. The SMILES string of the molecule is CNCC1CCN(C(=O)c2ccccc2-c2ncc(-c3ccccc3)o2)C1.Cl. The van der Waals surface area contributed by atoms with E-state index in [1.165, 1.54) is 0 Å². The smallest absolute Gasteiger partial charge is 0.254 e. The number of likely N-dealkylation sites (tertiary alicyclic amines) is 1. The molecule has 6 heteroatoms. The average molecular weight is 398 g/mol. The van der Waals surface area contributed by atoms with Gasteiger partial charge in [0.2, 0.25) is 5.89 Å². The maximum absolute atomic E-state index is 13.1.